The van der Waals surface area contributed by atoms with Gasteiger partial charge in [0.25, 0.3) is 5.91 Å². The van der Waals surface area contributed by atoms with E-state index in [0.29, 0.717) is 18.7 Å². The molecule has 122 valence electrons. The molecule has 0 bridgehead atoms. The molecule has 2 aromatic carbocycles. The minimum atomic E-state index is -3.56. The molecule has 2 aromatic rings. The first-order valence-electron chi connectivity index (χ1n) is 7.45. The fourth-order valence-corrected chi connectivity index (χ4v) is 3.23. The Hall–Kier alpha value is -2.18. The zero-order valence-corrected chi connectivity index (χ0v) is 13.8. The molecule has 0 aromatic heterocycles. The molecule has 23 heavy (non-hydrogen) atoms. The number of sulfonamides is 1. The third-order valence-electron chi connectivity index (χ3n) is 3.28. The molecule has 0 aliphatic rings. The Kier molecular flexibility index (Phi) is 5.90. The minimum absolute atomic E-state index is 0.0926. The number of amides is 1. The van der Waals surface area contributed by atoms with Crippen LogP contribution in [0.1, 0.15) is 22.8 Å². The third kappa shape index (κ3) is 4.91. The lowest BCUT2D eigenvalue weighted by Gasteiger charge is -2.08. The van der Waals surface area contributed by atoms with Gasteiger partial charge in [-0.3, -0.25) is 4.79 Å². The van der Waals surface area contributed by atoms with Crippen molar-refractivity contribution in [3.05, 3.63) is 65.7 Å². The van der Waals surface area contributed by atoms with Crippen molar-refractivity contribution >= 4 is 15.9 Å². The lowest BCUT2D eigenvalue weighted by molar-refractivity contribution is 0.0954. The SMILES string of the molecule is CCNS(=O)(=O)c1cccc(C(=O)NCCc2ccccc2)c1. The second-order valence-corrected chi connectivity index (χ2v) is 6.79. The van der Waals surface area contributed by atoms with Crippen molar-refractivity contribution in [3.63, 3.8) is 0 Å². The van der Waals surface area contributed by atoms with Crippen molar-refractivity contribution in [3.8, 4) is 0 Å². The summed E-state index contributed by atoms with van der Waals surface area (Å²) in [4.78, 5) is 12.2. The van der Waals surface area contributed by atoms with Crippen molar-refractivity contribution in [2.24, 2.45) is 0 Å². The Labute approximate surface area is 136 Å². The molecule has 0 unspecified atom stereocenters. The van der Waals surface area contributed by atoms with Crippen LogP contribution in [0.15, 0.2) is 59.5 Å². The molecule has 0 saturated carbocycles. The summed E-state index contributed by atoms with van der Waals surface area (Å²) in [7, 11) is -3.56. The predicted octanol–water partition coefficient (Wildman–Crippen LogP) is 1.96. The standard InChI is InChI=1S/C17H20N2O3S/c1-2-19-23(21,22)16-10-6-9-15(13-16)17(20)18-12-11-14-7-4-3-5-8-14/h3-10,13,19H,2,11-12H2,1H3,(H,18,20). The van der Waals surface area contributed by atoms with E-state index in [4.69, 9.17) is 0 Å². The Morgan fingerprint density at radius 3 is 2.48 bits per heavy atom. The fourth-order valence-electron chi connectivity index (χ4n) is 2.14. The van der Waals surface area contributed by atoms with E-state index in [0.717, 1.165) is 12.0 Å². The zero-order chi connectivity index (χ0) is 16.7. The summed E-state index contributed by atoms with van der Waals surface area (Å²) in [5.41, 5.74) is 1.47. The van der Waals surface area contributed by atoms with Crippen molar-refractivity contribution in [1.82, 2.24) is 10.0 Å². The first-order chi connectivity index (χ1) is 11.0. The molecule has 2 rings (SSSR count). The van der Waals surface area contributed by atoms with Gasteiger partial charge in [-0.2, -0.15) is 0 Å². The van der Waals surface area contributed by atoms with Crippen molar-refractivity contribution < 1.29 is 13.2 Å². The molecular formula is C17H20N2O3S. The van der Waals surface area contributed by atoms with Crippen molar-refractivity contribution in [2.45, 2.75) is 18.2 Å². The van der Waals surface area contributed by atoms with Crippen LogP contribution in [0.2, 0.25) is 0 Å². The van der Waals surface area contributed by atoms with E-state index in [2.05, 4.69) is 10.0 Å². The van der Waals surface area contributed by atoms with Crippen LogP contribution in [0.25, 0.3) is 0 Å². The highest BCUT2D eigenvalue weighted by Crippen LogP contribution is 2.11. The Morgan fingerprint density at radius 1 is 1.04 bits per heavy atom. The summed E-state index contributed by atoms with van der Waals surface area (Å²) in [6, 6.07) is 15.9. The lowest BCUT2D eigenvalue weighted by atomic mass is 10.1. The van der Waals surface area contributed by atoms with Gasteiger partial charge in [0.2, 0.25) is 10.0 Å². The highest BCUT2D eigenvalue weighted by molar-refractivity contribution is 7.89. The topological polar surface area (TPSA) is 75.3 Å². The average molecular weight is 332 g/mol. The number of hydrogen-bond acceptors (Lipinski definition) is 3. The molecule has 0 radical (unpaired) electrons. The minimum Gasteiger partial charge on any atom is -0.352 e. The predicted molar refractivity (Wildman–Crippen MR) is 89.8 cm³/mol. The number of carbonyl (C=O) groups is 1. The van der Waals surface area contributed by atoms with E-state index in [1.807, 2.05) is 30.3 Å². The van der Waals surface area contributed by atoms with Gasteiger partial charge >= 0.3 is 0 Å². The van der Waals surface area contributed by atoms with E-state index in [9.17, 15) is 13.2 Å². The van der Waals surface area contributed by atoms with Crippen LogP contribution in [0.5, 0.6) is 0 Å². The van der Waals surface area contributed by atoms with Crippen LogP contribution >= 0.6 is 0 Å². The maximum atomic E-state index is 12.1. The summed E-state index contributed by atoms with van der Waals surface area (Å²) in [5, 5.41) is 2.80. The number of benzene rings is 2. The van der Waals surface area contributed by atoms with E-state index in [-0.39, 0.29) is 10.8 Å². The maximum absolute atomic E-state index is 12.1. The second-order valence-electron chi connectivity index (χ2n) is 5.02. The van der Waals surface area contributed by atoms with Crippen LogP contribution in [0, 0.1) is 0 Å². The molecule has 0 heterocycles. The second kappa shape index (κ2) is 7.89. The van der Waals surface area contributed by atoms with E-state index in [1.165, 1.54) is 12.1 Å². The Morgan fingerprint density at radius 2 is 1.78 bits per heavy atom. The smallest absolute Gasteiger partial charge is 0.251 e. The number of hydrogen-bond donors (Lipinski definition) is 2. The molecule has 2 N–H and O–H groups in total. The van der Waals surface area contributed by atoms with Gasteiger partial charge in [0.05, 0.1) is 4.90 Å². The van der Waals surface area contributed by atoms with Gasteiger partial charge < -0.3 is 5.32 Å². The summed E-state index contributed by atoms with van der Waals surface area (Å²) < 4.78 is 26.3. The van der Waals surface area contributed by atoms with Crippen LogP contribution in [0.3, 0.4) is 0 Å². The van der Waals surface area contributed by atoms with E-state index in [1.54, 1.807) is 19.1 Å². The molecule has 5 nitrogen and oxygen atoms in total. The van der Waals surface area contributed by atoms with Gasteiger partial charge in [-0.05, 0) is 30.2 Å². The number of carbonyl (C=O) groups excluding carboxylic acids is 1. The highest BCUT2D eigenvalue weighted by Gasteiger charge is 2.14. The zero-order valence-electron chi connectivity index (χ0n) is 13.0. The largest absolute Gasteiger partial charge is 0.352 e. The quantitative estimate of drug-likeness (QED) is 0.814. The molecule has 0 aliphatic heterocycles. The van der Waals surface area contributed by atoms with Crippen LogP contribution in [-0.4, -0.2) is 27.4 Å². The van der Waals surface area contributed by atoms with Gasteiger partial charge in [0.1, 0.15) is 0 Å². The van der Waals surface area contributed by atoms with Gasteiger partial charge in [0, 0.05) is 18.7 Å². The van der Waals surface area contributed by atoms with Gasteiger partial charge in [-0.25, -0.2) is 13.1 Å². The summed E-state index contributed by atoms with van der Waals surface area (Å²) >= 11 is 0. The fraction of sp³-hybridized carbons (Fsp3) is 0.235. The van der Waals surface area contributed by atoms with Gasteiger partial charge in [0.15, 0.2) is 0 Å². The highest BCUT2D eigenvalue weighted by atomic mass is 32.2. The molecule has 1 amide bonds. The third-order valence-corrected chi connectivity index (χ3v) is 4.83. The van der Waals surface area contributed by atoms with Crippen molar-refractivity contribution in [1.29, 1.82) is 0 Å². The summed E-state index contributed by atoms with van der Waals surface area (Å²) in [6.45, 7) is 2.50. The Balaban J connectivity index is 2.00. The van der Waals surface area contributed by atoms with E-state index >= 15 is 0 Å². The number of rotatable bonds is 7. The summed E-state index contributed by atoms with van der Waals surface area (Å²) in [6.07, 6.45) is 0.724. The monoisotopic (exact) mass is 332 g/mol. The number of nitrogens with one attached hydrogen (secondary N) is 2. The Bertz CT molecular complexity index is 758. The van der Waals surface area contributed by atoms with Crippen LogP contribution in [-0.2, 0) is 16.4 Å². The molecule has 0 aliphatic carbocycles. The van der Waals surface area contributed by atoms with E-state index < -0.39 is 10.0 Å². The van der Waals surface area contributed by atoms with Gasteiger partial charge in [-0.15, -0.1) is 0 Å². The van der Waals surface area contributed by atoms with Crippen LogP contribution < -0.4 is 10.0 Å². The normalized spacial score (nSPS) is 11.2. The maximum Gasteiger partial charge on any atom is 0.251 e. The first-order valence-corrected chi connectivity index (χ1v) is 8.93. The first kappa shape index (κ1) is 17.2. The lowest BCUT2D eigenvalue weighted by Crippen LogP contribution is -2.27. The van der Waals surface area contributed by atoms with Crippen molar-refractivity contribution in [2.75, 3.05) is 13.1 Å². The summed E-state index contributed by atoms with van der Waals surface area (Å²) in [5.74, 6) is -0.283. The van der Waals surface area contributed by atoms with Crippen LogP contribution in [0.4, 0.5) is 0 Å². The molecule has 6 heteroatoms. The molecule has 0 atom stereocenters. The molecule has 0 fully saturated rings. The molecule has 0 saturated heterocycles. The molecule has 0 spiro atoms. The van der Waals surface area contributed by atoms with Gasteiger partial charge in [-0.1, -0.05) is 43.3 Å². The average Bonchev–Trinajstić information content (AvgIpc) is 2.56. The molecular weight excluding hydrogens is 312 g/mol.